The number of carbonyl (C=O) groups is 1. The Labute approximate surface area is 225 Å². The summed E-state index contributed by atoms with van der Waals surface area (Å²) in [6.07, 6.45) is 2.00. The molecule has 2 aromatic carbocycles. The summed E-state index contributed by atoms with van der Waals surface area (Å²) in [7, 11) is 3.01. The number of phenolic OH excluding ortho intramolecular Hbond substituents is 1. The van der Waals surface area contributed by atoms with Crippen LogP contribution >= 0.6 is 0 Å². The SMILES string of the molecule is COc1cc([C@@H](CC(=O)NCC[C@H](c2ccco2)c2ccccc2OC)c2oc(C)cc(=O)c2O)ccc1O. The highest BCUT2D eigenvalue weighted by Gasteiger charge is 2.27. The first-order valence-electron chi connectivity index (χ1n) is 12.5. The minimum Gasteiger partial charge on any atom is -0.504 e. The third-order valence-electron chi connectivity index (χ3n) is 6.54. The second-order valence-corrected chi connectivity index (χ2v) is 9.07. The molecule has 0 aliphatic heterocycles. The number of nitrogens with one attached hydrogen (secondary N) is 1. The van der Waals surface area contributed by atoms with Gasteiger partial charge in [0.1, 0.15) is 17.3 Å². The van der Waals surface area contributed by atoms with Crippen LogP contribution in [-0.2, 0) is 4.79 Å². The van der Waals surface area contributed by atoms with Crippen molar-refractivity contribution in [3.63, 3.8) is 0 Å². The molecule has 204 valence electrons. The molecular weight excluding hydrogens is 502 g/mol. The molecule has 9 nitrogen and oxygen atoms in total. The highest BCUT2D eigenvalue weighted by Crippen LogP contribution is 2.37. The molecule has 4 aromatic rings. The van der Waals surface area contributed by atoms with Gasteiger partial charge in [0.25, 0.3) is 0 Å². The first kappa shape index (κ1) is 27.4. The van der Waals surface area contributed by atoms with Gasteiger partial charge in [-0.2, -0.15) is 0 Å². The first-order chi connectivity index (χ1) is 18.8. The molecule has 0 saturated heterocycles. The van der Waals surface area contributed by atoms with Crippen molar-refractivity contribution in [2.75, 3.05) is 20.8 Å². The maximum atomic E-state index is 13.2. The van der Waals surface area contributed by atoms with Gasteiger partial charge in [-0.25, -0.2) is 0 Å². The molecule has 9 heteroatoms. The van der Waals surface area contributed by atoms with Gasteiger partial charge < -0.3 is 33.8 Å². The van der Waals surface area contributed by atoms with E-state index in [4.69, 9.17) is 18.3 Å². The fourth-order valence-corrected chi connectivity index (χ4v) is 4.64. The summed E-state index contributed by atoms with van der Waals surface area (Å²) >= 11 is 0. The van der Waals surface area contributed by atoms with E-state index in [9.17, 15) is 19.8 Å². The van der Waals surface area contributed by atoms with E-state index < -0.39 is 17.1 Å². The van der Waals surface area contributed by atoms with E-state index >= 15 is 0 Å². The van der Waals surface area contributed by atoms with E-state index in [-0.39, 0.29) is 35.5 Å². The maximum Gasteiger partial charge on any atom is 0.227 e. The fourth-order valence-electron chi connectivity index (χ4n) is 4.64. The number of aryl methyl sites for hydroxylation is 1. The summed E-state index contributed by atoms with van der Waals surface area (Å²) in [5.74, 6) is -0.0497. The lowest BCUT2D eigenvalue weighted by Crippen LogP contribution is -2.28. The van der Waals surface area contributed by atoms with E-state index in [1.165, 1.54) is 19.2 Å². The van der Waals surface area contributed by atoms with Crippen molar-refractivity contribution < 1.29 is 33.3 Å². The van der Waals surface area contributed by atoms with E-state index in [0.717, 1.165) is 17.1 Å². The Morgan fingerprint density at radius 3 is 2.46 bits per heavy atom. The molecular formula is C30H31NO8. The Kier molecular flexibility index (Phi) is 8.60. The molecule has 0 saturated carbocycles. The van der Waals surface area contributed by atoms with Gasteiger partial charge in [0, 0.05) is 30.5 Å². The van der Waals surface area contributed by atoms with Crippen molar-refractivity contribution in [2.45, 2.75) is 31.6 Å². The average molecular weight is 534 g/mol. The number of rotatable bonds is 11. The van der Waals surface area contributed by atoms with Crippen LogP contribution in [0.4, 0.5) is 0 Å². The molecule has 0 fully saturated rings. The number of benzene rings is 2. The number of hydrogen-bond donors (Lipinski definition) is 3. The molecule has 4 rings (SSSR count). The molecule has 0 bridgehead atoms. The Hall–Kier alpha value is -4.66. The average Bonchev–Trinajstić information content (AvgIpc) is 3.47. The summed E-state index contributed by atoms with van der Waals surface area (Å²) < 4.78 is 22.2. The smallest absolute Gasteiger partial charge is 0.227 e. The van der Waals surface area contributed by atoms with E-state index in [1.54, 1.807) is 32.4 Å². The Morgan fingerprint density at radius 1 is 0.974 bits per heavy atom. The molecule has 1 amide bonds. The topological polar surface area (TPSA) is 131 Å². The van der Waals surface area contributed by atoms with Crippen molar-refractivity contribution in [3.05, 3.63) is 106 Å². The predicted molar refractivity (Wildman–Crippen MR) is 144 cm³/mol. The molecule has 39 heavy (non-hydrogen) atoms. The number of aromatic hydroxyl groups is 2. The van der Waals surface area contributed by atoms with E-state index in [1.807, 2.05) is 36.4 Å². The molecule has 0 aliphatic carbocycles. The van der Waals surface area contributed by atoms with Crippen LogP contribution in [0.25, 0.3) is 0 Å². The summed E-state index contributed by atoms with van der Waals surface area (Å²) in [5.41, 5.74) is 0.846. The van der Waals surface area contributed by atoms with Crippen LogP contribution in [0.3, 0.4) is 0 Å². The van der Waals surface area contributed by atoms with Crippen LogP contribution in [-0.4, -0.2) is 36.9 Å². The summed E-state index contributed by atoms with van der Waals surface area (Å²) in [4.78, 5) is 25.5. The third kappa shape index (κ3) is 6.26. The predicted octanol–water partition coefficient (Wildman–Crippen LogP) is 4.83. The quantitative estimate of drug-likeness (QED) is 0.250. The maximum absolute atomic E-state index is 13.2. The molecule has 0 spiro atoms. The minimum atomic E-state index is -0.817. The van der Waals surface area contributed by atoms with Crippen LogP contribution < -0.4 is 20.2 Å². The summed E-state index contributed by atoms with van der Waals surface area (Å²) in [6, 6.07) is 17.1. The second kappa shape index (κ2) is 12.3. The highest BCUT2D eigenvalue weighted by atomic mass is 16.5. The van der Waals surface area contributed by atoms with Gasteiger partial charge in [0.05, 0.1) is 26.4 Å². The number of ether oxygens (including phenoxy) is 2. The van der Waals surface area contributed by atoms with Crippen molar-refractivity contribution in [3.8, 4) is 23.0 Å². The van der Waals surface area contributed by atoms with Crippen LogP contribution in [0.15, 0.2) is 80.6 Å². The zero-order chi connectivity index (χ0) is 27.9. The zero-order valence-corrected chi connectivity index (χ0v) is 22.0. The number of furan rings is 1. The number of amides is 1. The number of para-hydroxylation sites is 1. The van der Waals surface area contributed by atoms with Gasteiger partial charge in [0.2, 0.25) is 17.1 Å². The highest BCUT2D eigenvalue weighted by molar-refractivity contribution is 5.77. The molecule has 3 N–H and O–H groups in total. The molecule has 0 radical (unpaired) electrons. The monoisotopic (exact) mass is 533 g/mol. The normalized spacial score (nSPS) is 12.5. The number of phenols is 1. The van der Waals surface area contributed by atoms with Gasteiger partial charge in [0.15, 0.2) is 17.3 Å². The number of carbonyl (C=O) groups excluding carboxylic acids is 1. The molecule has 2 aromatic heterocycles. The van der Waals surface area contributed by atoms with Crippen molar-refractivity contribution in [1.29, 1.82) is 0 Å². The number of hydrogen-bond acceptors (Lipinski definition) is 8. The van der Waals surface area contributed by atoms with E-state index in [0.29, 0.717) is 24.3 Å². The fraction of sp³-hybridized carbons (Fsp3) is 0.267. The Bertz CT molecular complexity index is 1470. The lowest BCUT2D eigenvalue weighted by Gasteiger charge is -2.20. The first-order valence-corrected chi connectivity index (χ1v) is 12.5. The second-order valence-electron chi connectivity index (χ2n) is 9.07. The minimum absolute atomic E-state index is 0.0367. The van der Waals surface area contributed by atoms with Gasteiger partial charge in [-0.1, -0.05) is 24.3 Å². The lowest BCUT2D eigenvalue weighted by molar-refractivity contribution is -0.121. The van der Waals surface area contributed by atoms with Gasteiger partial charge in [-0.05, 0) is 49.2 Å². The Balaban J connectivity index is 1.56. The largest absolute Gasteiger partial charge is 0.504 e. The molecule has 0 unspecified atom stereocenters. The van der Waals surface area contributed by atoms with E-state index in [2.05, 4.69) is 5.32 Å². The standard InChI is InChI=1S/C30H31NO8/c1-18-15-24(33)29(35)30(39-18)22(19-10-11-23(32)27(16-19)37-3)17-28(34)31-13-12-21(26-9-6-14-38-26)20-7-4-5-8-25(20)36-2/h4-11,14-16,21-22,32,35H,12-13,17H2,1-3H3,(H,31,34)/t21-,22+/m0/s1. The number of methoxy groups -OCH3 is 2. The summed E-state index contributed by atoms with van der Waals surface area (Å²) in [6.45, 7) is 1.91. The van der Waals surface area contributed by atoms with Crippen molar-refractivity contribution in [1.82, 2.24) is 5.32 Å². The molecule has 0 aliphatic rings. The summed E-state index contributed by atoms with van der Waals surface area (Å²) in [5, 5.41) is 23.5. The van der Waals surface area contributed by atoms with Crippen LogP contribution in [0.2, 0.25) is 0 Å². The molecule has 2 atom stereocenters. The lowest BCUT2D eigenvalue weighted by atomic mass is 9.91. The van der Waals surface area contributed by atoms with Crippen LogP contribution in [0.1, 0.15) is 53.1 Å². The Morgan fingerprint density at radius 2 is 1.74 bits per heavy atom. The van der Waals surface area contributed by atoms with Gasteiger partial charge in [-0.15, -0.1) is 0 Å². The zero-order valence-electron chi connectivity index (χ0n) is 22.0. The van der Waals surface area contributed by atoms with Crippen molar-refractivity contribution >= 4 is 5.91 Å². The van der Waals surface area contributed by atoms with Gasteiger partial charge >= 0.3 is 0 Å². The van der Waals surface area contributed by atoms with Crippen LogP contribution in [0.5, 0.6) is 23.0 Å². The van der Waals surface area contributed by atoms with Crippen LogP contribution in [0, 0.1) is 6.92 Å². The molecule has 2 heterocycles. The van der Waals surface area contributed by atoms with Gasteiger partial charge in [-0.3, -0.25) is 9.59 Å². The third-order valence-corrected chi connectivity index (χ3v) is 6.54. The van der Waals surface area contributed by atoms with Crippen molar-refractivity contribution in [2.24, 2.45) is 0 Å².